The van der Waals surface area contributed by atoms with Crippen molar-refractivity contribution in [3.63, 3.8) is 0 Å². The van der Waals surface area contributed by atoms with Crippen molar-refractivity contribution in [2.24, 2.45) is 0 Å². The Bertz CT molecular complexity index is 551. The Morgan fingerprint density at radius 1 is 1.19 bits per heavy atom. The monoisotopic (exact) mass is 287 g/mol. The van der Waals surface area contributed by atoms with Crippen molar-refractivity contribution in [1.82, 2.24) is 10.3 Å². The van der Waals surface area contributed by atoms with Crippen molar-refractivity contribution in [3.05, 3.63) is 59.7 Å². The molecular weight excluding hydrogens is 265 g/mol. The molecule has 4 heteroatoms. The third-order valence-electron chi connectivity index (χ3n) is 3.50. The van der Waals surface area contributed by atoms with Crippen LogP contribution in [-0.4, -0.2) is 18.6 Å². The number of benzene rings is 1. The summed E-state index contributed by atoms with van der Waals surface area (Å²) >= 11 is 0. The zero-order valence-corrected chi connectivity index (χ0v) is 12.8. The van der Waals surface area contributed by atoms with Crippen LogP contribution in [-0.2, 0) is 6.54 Å². The van der Waals surface area contributed by atoms with Gasteiger partial charge in [-0.25, -0.2) is 4.39 Å². The van der Waals surface area contributed by atoms with E-state index in [-0.39, 0.29) is 11.9 Å². The van der Waals surface area contributed by atoms with Crippen LogP contribution in [0, 0.1) is 5.82 Å². The highest BCUT2D eigenvalue weighted by Gasteiger charge is 2.07. The third-order valence-corrected chi connectivity index (χ3v) is 3.50. The Kier molecular flexibility index (Phi) is 5.28. The topological polar surface area (TPSA) is 28.2 Å². The summed E-state index contributed by atoms with van der Waals surface area (Å²) in [5.41, 5.74) is 3.16. The van der Waals surface area contributed by atoms with Gasteiger partial charge in [-0.2, -0.15) is 0 Å². The normalized spacial score (nSPS) is 12.2. The van der Waals surface area contributed by atoms with Gasteiger partial charge < -0.3 is 10.2 Å². The lowest BCUT2D eigenvalue weighted by Crippen LogP contribution is -2.20. The van der Waals surface area contributed by atoms with Crippen LogP contribution < -0.4 is 10.2 Å². The summed E-state index contributed by atoms with van der Waals surface area (Å²) in [6.45, 7) is 5.84. The number of halogens is 1. The molecule has 2 rings (SSSR count). The van der Waals surface area contributed by atoms with Gasteiger partial charge in [-0.15, -0.1) is 0 Å². The number of anilines is 1. The Morgan fingerprint density at radius 2 is 1.90 bits per heavy atom. The smallest absolute Gasteiger partial charge is 0.123 e. The lowest BCUT2D eigenvalue weighted by molar-refractivity contribution is 0.583. The van der Waals surface area contributed by atoms with E-state index < -0.39 is 0 Å². The van der Waals surface area contributed by atoms with Gasteiger partial charge in [0.05, 0.1) is 17.6 Å². The largest absolute Gasteiger partial charge is 0.369 e. The van der Waals surface area contributed by atoms with Crippen LogP contribution in [0.1, 0.15) is 31.1 Å². The first-order valence-electron chi connectivity index (χ1n) is 7.25. The van der Waals surface area contributed by atoms with E-state index >= 15 is 0 Å². The predicted octanol–water partition coefficient (Wildman–Crippen LogP) is 3.53. The van der Waals surface area contributed by atoms with Crippen LogP contribution in [0.2, 0.25) is 0 Å². The average molecular weight is 287 g/mol. The minimum absolute atomic E-state index is 0.204. The number of aromatic nitrogens is 1. The van der Waals surface area contributed by atoms with Gasteiger partial charge in [0.15, 0.2) is 0 Å². The van der Waals surface area contributed by atoms with Crippen LogP contribution in [0.4, 0.5) is 10.1 Å². The summed E-state index contributed by atoms with van der Waals surface area (Å²) in [6.07, 6.45) is 1.88. The fourth-order valence-electron chi connectivity index (χ4n) is 2.25. The molecule has 0 aliphatic heterocycles. The summed E-state index contributed by atoms with van der Waals surface area (Å²) in [4.78, 5) is 6.61. The van der Waals surface area contributed by atoms with E-state index in [1.54, 1.807) is 12.1 Å². The molecule has 0 fully saturated rings. The second-order valence-corrected chi connectivity index (χ2v) is 5.20. The van der Waals surface area contributed by atoms with Gasteiger partial charge in [-0.05, 0) is 43.3 Å². The molecule has 1 aromatic carbocycles. The van der Waals surface area contributed by atoms with E-state index in [1.165, 1.54) is 12.1 Å². The van der Waals surface area contributed by atoms with Gasteiger partial charge in [0.1, 0.15) is 5.82 Å². The number of nitrogens with one attached hydrogen (secondary N) is 1. The summed E-state index contributed by atoms with van der Waals surface area (Å²) < 4.78 is 12.9. The van der Waals surface area contributed by atoms with Crippen molar-refractivity contribution >= 4 is 5.69 Å². The molecule has 1 N–H and O–H groups in total. The molecule has 0 aliphatic carbocycles. The second-order valence-electron chi connectivity index (χ2n) is 5.20. The summed E-state index contributed by atoms with van der Waals surface area (Å²) in [5, 5.41) is 3.34. The zero-order chi connectivity index (χ0) is 15.2. The molecule has 0 amide bonds. The van der Waals surface area contributed by atoms with Crippen molar-refractivity contribution in [2.45, 2.75) is 26.4 Å². The molecule has 0 radical (unpaired) electrons. The molecule has 0 saturated heterocycles. The fourth-order valence-corrected chi connectivity index (χ4v) is 2.25. The molecule has 0 aliphatic rings. The van der Waals surface area contributed by atoms with Crippen LogP contribution in [0.5, 0.6) is 0 Å². The van der Waals surface area contributed by atoms with Gasteiger partial charge >= 0.3 is 0 Å². The van der Waals surface area contributed by atoms with Crippen molar-refractivity contribution in [2.75, 3.05) is 18.5 Å². The molecule has 21 heavy (non-hydrogen) atoms. The van der Waals surface area contributed by atoms with Crippen LogP contribution in [0.25, 0.3) is 0 Å². The maximum absolute atomic E-state index is 12.9. The van der Waals surface area contributed by atoms with Crippen molar-refractivity contribution in [3.8, 4) is 0 Å². The molecule has 0 saturated carbocycles. The Hall–Kier alpha value is -1.94. The maximum Gasteiger partial charge on any atom is 0.123 e. The van der Waals surface area contributed by atoms with E-state index in [4.69, 9.17) is 0 Å². The van der Waals surface area contributed by atoms with Crippen LogP contribution >= 0.6 is 0 Å². The molecular formula is C17H22FN3. The zero-order valence-electron chi connectivity index (χ0n) is 12.8. The highest BCUT2D eigenvalue weighted by molar-refractivity contribution is 5.44. The highest BCUT2D eigenvalue weighted by Crippen LogP contribution is 2.17. The van der Waals surface area contributed by atoms with E-state index in [2.05, 4.69) is 35.1 Å². The molecule has 1 heterocycles. The van der Waals surface area contributed by atoms with Crippen molar-refractivity contribution < 1.29 is 4.39 Å². The SMILES string of the molecule is CCNC(C)c1ccc(N(C)Cc2ccc(F)cc2)cn1. The van der Waals surface area contributed by atoms with Crippen LogP contribution in [0.15, 0.2) is 42.6 Å². The lowest BCUT2D eigenvalue weighted by Gasteiger charge is -2.20. The van der Waals surface area contributed by atoms with Gasteiger partial charge in [-0.3, -0.25) is 4.98 Å². The molecule has 0 spiro atoms. The van der Waals surface area contributed by atoms with Gasteiger partial charge in [0, 0.05) is 19.6 Å². The highest BCUT2D eigenvalue weighted by atomic mass is 19.1. The molecule has 1 aromatic heterocycles. The number of pyridine rings is 1. The Balaban J connectivity index is 2.02. The molecule has 0 bridgehead atoms. The first-order chi connectivity index (χ1) is 10.1. The first kappa shape index (κ1) is 15.4. The average Bonchev–Trinajstić information content (AvgIpc) is 2.50. The van der Waals surface area contributed by atoms with Crippen LogP contribution in [0.3, 0.4) is 0 Å². The number of hydrogen-bond acceptors (Lipinski definition) is 3. The first-order valence-corrected chi connectivity index (χ1v) is 7.25. The minimum atomic E-state index is -0.204. The van der Waals surface area contributed by atoms with Gasteiger partial charge in [0.2, 0.25) is 0 Å². The second kappa shape index (κ2) is 7.18. The summed E-state index contributed by atoms with van der Waals surface area (Å²) in [7, 11) is 2.01. The predicted molar refractivity (Wildman–Crippen MR) is 84.8 cm³/mol. The van der Waals surface area contributed by atoms with E-state index in [1.807, 2.05) is 19.3 Å². The quantitative estimate of drug-likeness (QED) is 0.881. The fraction of sp³-hybridized carbons (Fsp3) is 0.353. The standard InChI is InChI=1S/C17H22FN3/c1-4-19-13(2)17-10-9-16(11-20-17)21(3)12-14-5-7-15(18)8-6-14/h5-11,13,19H,4,12H2,1-3H3. The Labute approximate surface area is 125 Å². The molecule has 112 valence electrons. The molecule has 3 nitrogen and oxygen atoms in total. The van der Waals surface area contributed by atoms with E-state index in [0.717, 1.165) is 30.0 Å². The number of nitrogens with zero attached hydrogens (tertiary/aromatic N) is 2. The van der Waals surface area contributed by atoms with Crippen molar-refractivity contribution in [1.29, 1.82) is 0 Å². The third kappa shape index (κ3) is 4.26. The van der Waals surface area contributed by atoms with E-state index in [9.17, 15) is 4.39 Å². The molecule has 1 atom stereocenters. The number of hydrogen-bond donors (Lipinski definition) is 1. The minimum Gasteiger partial charge on any atom is -0.369 e. The Morgan fingerprint density at radius 3 is 2.48 bits per heavy atom. The number of rotatable bonds is 6. The maximum atomic E-state index is 12.9. The molecule has 1 unspecified atom stereocenters. The van der Waals surface area contributed by atoms with Gasteiger partial charge in [-0.1, -0.05) is 19.1 Å². The van der Waals surface area contributed by atoms with E-state index in [0.29, 0.717) is 0 Å². The summed E-state index contributed by atoms with van der Waals surface area (Å²) in [6, 6.07) is 11.0. The van der Waals surface area contributed by atoms with Gasteiger partial charge in [0.25, 0.3) is 0 Å². The summed E-state index contributed by atoms with van der Waals surface area (Å²) in [5.74, 6) is -0.204. The lowest BCUT2D eigenvalue weighted by atomic mass is 10.2. The molecule has 2 aromatic rings.